The number of allylic oxidation sites excluding steroid dienone is 2. The molecule has 1 aromatic heterocycles. The Morgan fingerprint density at radius 2 is 2.21 bits per heavy atom. The first-order valence-electron chi connectivity index (χ1n) is 6.80. The molecular weight excluding hydrogens is 276 g/mol. The Morgan fingerprint density at radius 1 is 1.32 bits per heavy atom. The van der Waals surface area contributed by atoms with Gasteiger partial charge in [0.25, 0.3) is 0 Å². The SMILES string of the molecule is S=c1[nH]c2ccc(Cl)cc2n1CCC1=CCCCC1. The molecule has 0 saturated carbocycles. The fraction of sp³-hybridized carbons (Fsp3) is 0.400. The van der Waals surface area contributed by atoms with Crippen LogP contribution in [-0.4, -0.2) is 9.55 Å². The Bertz CT molecular complexity index is 681. The van der Waals surface area contributed by atoms with Gasteiger partial charge in [-0.05, 0) is 62.5 Å². The number of nitrogens with zero attached hydrogens (tertiary/aromatic N) is 1. The molecular formula is C15H17ClN2S. The number of rotatable bonds is 3. The van der Waals surface area contributed by atoms with Crippen LogP contribution < -0.4 is 0 Å². The van der Waals surface area contributed by atoms with Crippen LogP contribution in [0.3, 0.4) is 0 Å². The number of imidazole rings is 1. The minimum Gasteiger partial charge on any atom is -0.331 e. The highest BCUT2D eigenvalue weighted by molar-refractivity contribution is 7.71. The minimum atomic E-state index is 0.757. The molecule has 1 aromatic carbocycles. The average molecular weight is 293 g/mol. The van der Waals surface area contributed by atoms with Crippen molar-refractivity contribution in [3.05, 3.63) is 39.6 Å². The summed E-state index contributed by atoms with van der Waals surface area (Å²) in [5.74, 6) is 0. The summed E-state index contributed by atoms with van der Waals surface area (Å²) in [7, 11) is 0. The Balaban J connectivity index is 1.87. The zero-order valence-corrected chi connectivity index (χ0v) is 12.4. The fourth-order valence-corrected chi connectivity index (χ4v) is 3.20. The summed E-state index contributed by atoms with van der Waals surface area (Å²) in [5.41, 5.74) is 3.74. The van der Waals surface area contributed by atoms with E-state index in [1.54, 1.807) is 5.57 Å². The molecule has 0 unspecified atom stereocenters. The highest BCUT2D eigenvalue weighted by Gasteiger charge is 2.07. The molecule has 2 aromatic rings. The van der Waals surface area contributed by atoms with Gasteiger partial charge in [-0.1, -0.05) is 23.3 Å². The second-order valence-electron chi connectivity index (χ2n) is 5.10. The molecule has 4 heteroatoms. The van der Waals surface area contributed by atoms with E-state index in [1.165, 1.54) is 25.7 Å². The second-order valence-corrected chi connectivity index (χ2v) is 5.92. The standard InChI is InChI=1S/C15H17ClN2S/c16-12-6-7-13-14(10-12)18(15(19)17-13)9-8-11-4-2-1-3-5-11/h4,6-7,10H,1-3,5,8-9H2,(H,17,19). The topological polar surface area (TPSA) is 20.7 Å². The van der Waals surface area contributed by atoms with Crippen molar-refractivity contribution in [2.24, 2.45) is 0 Å². The summed E-state index contributed by atoms with van der Waals surface area (Å²) < 4.78 is 2.94. The summed E-state index contributed by atoms with van der Waals surface area (Å²) in [6.45, 7) is 0.936. The molecule has 0 spiro atoms. The lowest BCUT2D eigenvalue weighted by Crippen LogP contribution is -2.01. The van der Waals surface area contributed by atoms with Gasteiger partial charge in [0, 0.05) is 11.6 Å². The predicted octanol–water partition coefficient (Wildman–Crippen LogP) is 5.24. The van der Waals surface area contributed by atoms with Crippen LogP contribution in [0.2, 0.25) is 5.02 Å². The molecule has 1 heterocycles. The van der Waals surface area contributed by atoms with E-state index in [2.05, 4.69) is 15.6 Å². The van der Waals surface area contributed by atoms with Gasteiger partial charge in [0.15, 0.2) is 4.77 Å². The molecule has 0 amide bonds. The van der Waals surface area contributed by atoms with Crippen LogP contribution in [0.5, 0.6) is 0 Å². The summed E-state index contributed by atoms with van der Waals surface area (Å²) in [4.78, 5) is 3.24. The largest absolute Gasteiger partial charge is 0.331 e. The number of nitrogens with one attached hydrogen (secondary N) is 1. The molecule has 0 bridgehead atoms. The third kappa shape index (κ3) is 2.77. The molecule has 1 aliphatic carbocycles. The second kappa shape index (κ2) is 5.51. The van der Waals surface area contributed by atoms with Gasteiger partial charge >= 0.3 is 0 Å². The van der Waals surface area contributed by atoms with Gasteiger partial charge < -0.3 is 9.55 Å². The van der Waals surface area contributed by atoms with Crippen molar-refractivity contribution in [1.82, 2.24) is 9.55 Å². The first-order valence-corrected chi connectivity index (χ1v) is 7.58. The molecule has 0 atom stereocenters. The van der Waals surface area contributed by atoms with E-state index in [-0.39, 0.29) is 0 Å². The van der Waals surface area contributed by atoms with Crippen LogP contribution in [0.4, 0.5) is 0 Å². The number of hydrogen-bond acceptors (Lipinski definition) is 1. The van der Waals surface area contributed by atoms with Crippen LogP contribution in [0.25, 0.3) is 11.0 Å². The van der Waals surface area contributed by atoms with Crippen molar-refractivity contribution in [2.45, 2.75) is 38.6 Å². The van der Waals surface area contributed by atoms with E-state index < -0.39 is 0 Å². The molecule has 0 fully saturated rings. The van der Waals surface area contributed by atoms with Gasteiger partial charge in [-0.25, -0.2) is 0 Å². The van der Waals surface area contributed by atoms with Crippen molar-refractivity contribution in [3.8, 4) is 0 Å². The normalized spacial score (nSPS) is 15.7. The molecule has 3 rings (SSSR count). The Labute approximate surface area is 123 Å². The maximum atomic E-state index is 6.08. The lowest BCUT2D eigenvalue weighted by molar-refractivity contribution is 0.630. The molecule has 0 aliphatic heterocycles. The number of benzene rings is 1. The zero-order valence-electron chi connectivity index (χ0n) is 10.8. The van der Waals surface area contributed by atoms with Gasteiger partial charge in [-0.3, -0.25) is 0 Å². The van der Waals surface area contributed by atoms with Crippen molar-refractivity contribution < 1.29 is 0 Å². The molecule has 0 saturated heterocycles. The lowest BCUT2D eigenvalue weighted by atomic mass is 9.97. The monoisotopic (exact) mass is 292 g/mol. The number of fused-ring (bicyclic) bond motifs is 1. The predicted molar refractivity (Wildman–Crippen MR) is 83.3 cm³/mol. The minimum absolute atomic E-state index is 0.757. The van der Waals surface area contributed by atoms with E-state index in [4.69, 9.17) is 23.8 Å². The van der Waals surface area contributed by atoms with E-state index in [0.717, 1.165) is 33.8 Å². The Kier molecular flexibility index (Phi) is 3.76. The maximum absolute atomic E-state index is 6.08. The van der Waals surface area contributed by atoms with Crippen molar-refractivity contribution in [1.29, 1.82) is 0 Å². The highest BCUT2D eigenvalue weighted by Crippen LogP contribution is 2.23. The van der Waals surface area contributed by atoms with Crippen LogP contribution in [-0.2, 0) is 6.54 Å². The van der Waals surface area contributed by atoms with E-state index in [1.807, 2.05) is 18.2 Å². The fourth-order valence-electron chi connectivity index (χ4n) is 2.74. The van der Waals surface area contributed by atoms with Crippen LogP contribution in [0.15, 0.2) is 29.8 Å². The maximum Gasteiger partial charge on any atom is 0.178 e. The number of hydrogen-bond donors (Lipinski definition) is 1. The number of aromatic nitrogens is 2. The third-order valence-corrected chi connectivity index (χ3v) is 4.34. The van der Waals surface area contributed by atoms with E-state index in [9.17, 15) is 0 Å². The smallest absolute Gasteiger partial charge is 0.178 e. The van der Waals surface area contributed by atoms with E-state index in [0.29, 0.717) is 0 Å². The molecule has 1 aliphatic rings. The molecule has 2 nitrogen and oxygen atoms in total. The Hall–Kier alpha value is -1.06. The third-order valence-electron chi connectivity index (χ3n) is 3.78. The summed E-state index contributed by atoms with van der Waals surface area (Å²) >= 11 is 11.5. The number of aryl methyl sites for hydroxylation is 1. The summed E-state index contributed by atoms with van der Waals surface area (Å²) in [6.07, 6.45) is 8.64. The lowest BCUT2D eigenvalue weighted by Gasteiger charge is -2.13. The number of H-pyrrole nitrogens is 1. The van der Waals surface area contributed by atoms with Crippen molar-refractivity contribution in [3.63, 3.8) is 0 Å². The van der Waals surface area contributed by atoms with Crippen molar-refractivity contribution in [2.75, 3.05) is 0 Å². The first-order chi connectivity index (χ1) is 9.24. The average Bonchev–Trinajstić information content (AvgIpc) is 2.73. The molecule has 19 heavy (non-hydrogen) atoms. The molecule has 100 valence electrons. The quantitative estimate of drug-likeness (QED) is 0.606. The van der Waals surface area contributed by atoms with Gasteiger partial charge in [0.1, 0.15) is 0 Å². The Morgan fingerprint density at radius 3 is 3.00 bits per heavy atom. The van der Waals surface area contributed by atoms with Gasteiger partial charge in [-0.15, -0.1) is 0 Å². The van der Waals surface area contributed by atoms with Crippen molar-refractivity contribution >= 4 is 34.9 Å². The summed E-state index contributed by atoms with van der Waals surface area (Å²) in [5, 5.41) is 0.757. The van der Waals surface area contributed by atoms with Gasteiger partial charge in [-0.2, -0.15) is 0 Å². The van der Waals surface area contributed by atoms with Crippen LogP contribution in [0, 0.1) is 4.77 Å². The first kappa shape index (κ1) is 12.9. The zero-order chi connectivity index (χ0) is 13.2. The number of halogens is 1. The van der Waals surface area contributed by atoms with E-state index >= 15 is 0 Å². The number of aromatic amines is 1. The van der Waals surface area contributed by atoms with Crippen LogP contribution in [0.1, 0.15) is 32.1 Å². The van der Waals surface area contributed by atoms with Gasteiger partial charge in [0.05, 0.1) is 11.0 Å². The summed E-state index contributed by atoms with van der Waals surface area (Å²) in [6, 6.07) is 5.87. The molecule has 1 N–H and O–H groups in total. The van der Waals surface area contributed by atoms with Crippen LogP contribution >= 0.6 is 23.8 Å². The molecule has 0 radical (unpaired) electrons. The highest BCUT2D eigenvalue weighted by atomic mass is 35.5. The van der Waals surface area contributed by atoms with Gasteiger partial charge in [0.2, 0.25) is 0 Å².